The predicted octanol–water partition coefficient (Wildman–Crippen LogP) is 0.257. The molecule has 0 heterocycles. The summed E-state index contributed by atoms with van der Waals surface area (Å²) >= 11 is 1.87. The van der Waals surface area contributed by atoms with Crippen molar-refractivity contribution in [2.75, 3.05) is 51.9 Å². The summed E-state index contributed by atoms with van der Waals surface area (Å²) < 4.78 is 5.26. The zero-order chi connectivity index (χ0) is 9.23. The van der Waals surface area contributed by atoms with Crippen LogP contribution in [0.25, 0.3) is 0 Å². The lowest BCUT2D eigenvalue weighted by Crippen LogP contribution is -2.26. The molecule has 12 heavy (non-hydrogen) atoms. The highest BCUT2D eigenvalue weighted by atomic mass is 32.2. The van der Waals surface area contributed by atoms with Gasteiger partial charge in [0.2, 0.25) is 0 Å². The Morgan fingerprint density at radius 3 is 2.67 bits per heavy atom. The van der Waals surface area contributed by atoms with Gasteiger partial charge in [0.05, 0.1) is 13.2 Å². The quantitative estimate of drug-likeness (QED) is 0.560. The summed E-state index contributed by atoms with van der Waals surface area (Å²) in [5, 5.41) is 0. The fourth-order valence-corrected chi connectivity index (χ4v) is 1.26. The van der Waals surface area contributed by atoms with Crippen molar-refractivity contribution in [1.29, 1.82) is 0 Å². The molecular formula is C8H20N2OS. The van der Waals surface area contributed by atoms with Gasteiger partial charge in [-0.15, -0.1) is 0 Å². The number of hydrogen-bond acceptors (Lipinski definition) is 4. The summed E-state index contributed by atoms with van der Waals surface area (Å²) in [4.78, 5) is 2.27. The van der Waals surface area contributed by atoms with E-state index >= 15 is 0 Å². The third kappa shape index (κ3) is 8.33. The van der Waals surface area contributed by atoms with E-state index in [1.807, 2.05) is 11.8 Å². The van der Waals surface area contributed by atoms with Gasteiger partial charge >= 0.3 is 0 Å². The largest absolute Gasteiger partial charge is 0.379 e. The molecule has 0 aliphatic carbocycles. The van der Waals surface area contributed by atoms with E-state index in [9.17, 15) is 0 Å². The normalized spacial score (nSPS) is 11.0. The predicted molar refractivity (Wildman–Crippen MR) is 55.8 cm³/mol. The molecular weight excluding hydrogens is 172 g/mol. The minimum absolute atomic E-state index is 0.620. The van der Waals surface area contributed by atoms with Crippen molar-refractivity contribution >= 4 is 11.8 Å². The number of ether oxygens (including phenoxy) is 1. The van der Waals surface area contributed by atoms with Crippen LogP contribution in [0.2, 0.25) is 0 Å². The van der Waals surface area contributed by atoms with Crippen molar-refractivity contribution in [1.82, 2.24) is 4.90 Å². The molecule has 2 N–H and O–H groups in total. The highest BCUT2D eigenvalue weighted by molar-refractivity contribution is 7.98. The lowest BCUT2D eigenvalue weighted by Gasteiger charge is -2.15. The molecule has 0 aromatic heterocycles. The van der Waals surface area contributed by atoms with E-state index in [1.54, 1.807) is 0 Å². The molecule has 0 bridgehead atoms. The Balaban J connectivity index is 3.02. The van der Waals surface area contributed by atoms with Gasteiger partial charge in [-0.25, -0.2) is 0 Å². The van der Waals surface area contributed by atoms with Crippen molar-refractivity contribution in [2.45, 2.75) is 0 Å². The van der Waals surface area contributed by atoms with Gasteiger partial charge in [-0.3, -0.25) is 0 Å². The van der Waals surface area contributed by atoms with Crippen LogP contribution in [0.1, 0.15) is 0 Å². The van der Waals surface area contributed by atoms with Gasteiger partial charge < -0.3 is 15.4 Å². The molecule has 0 aromatic carbocycles. The van der Waals surface area contributed by atoms with Gasteiger partial charge in [-0.2, -0.15) is 11.8 Å². The van der Waals surface area contributed by atoms with E-state index in [0.717, 1.165) is 19.7 Å². The first-order valence-corrected chi connectivity index (χ1v) is 5.66. The molecule has 3 nitrogen and oxygen atoms in total. The monoisotopic (exact) mass is 192 g/mol. The summed E-state index contributed by atoms with van der Waals surface area (Å²) in [6, 6.07) is 0. The molecule has 0 radical (unpaired) electrons. The molecule has 0 saturated carbocycles. The van der Waals surface area contributed by atoms with Crippen LogP contribution in [-0.4, -0.2) is 56.8 Å². The van der Waals surface area contributed by atoms with E-state index in [0.29, 0.717) is 13.2 Å². The fourth-order valence-electron chi connectivity index (χ4n) is 0.765. The Bertz CT molecular complexity index is 93.1. The molecule has 0 saturated heterocycles. The Hall–Kier alpha value is 0.230. The number of thioether (sulfide) groups is 1. The average Bonchev–Trinajstić information content (AvgIpc) is 2.09. The maximum absolute atomic E-state index is 5.28. The molecule has 0 spiro atoms. The van der Waals surface area contributed by atoms with E-state index in [2.05, 4.69) is 18.2 Å². The Labute approximate surface area is 79.6 Å². The molecule has 0 rings (SSSR count). The van der Waals surface area contributed by atoms with Gasteiger partial charge in [-0.05, 0) is 13.3 Å². The number of nitrogens with zero attached hydrogens (tertiary/aromatic N) is 1. The van der Waals surface area contributed by atoms with Crippen LogP contribution in [0, 0.1) is 0 Å². The smallest absolute Gasteiger partial charge is 0.0593 e. The molecule has 0 aliphatic rings. The number of rotatable bonds is 8. The van der Waals surface area contributed by atoms with Crippen LogP contribution in [-0.2, 0) is 4.74 Å². The minimum atomic E-state index is 0.620. The maximum atomic E-state index is 5.28. The van der Waals surface area contributed by atoms with E-state index in [-0.39, 0.29) is 0 Å². The maximum Gasteiger partial charge on any atom is 0.0593 e. The molecule has 0 aromatic rings. The molecule has 0 aliphatic heterocycles. The molecule has 0 fully saturated rings. The first-order valence-electron chi connectivity index (χ1n) is 4.26. The van der Waals surface area contributed by atoms with Crippen molar-refractivity contribution in [3.05, 3.63) is 0 Å². The second kappa shape index (κ2) is 9.32. The van der Waals surface area contributed by atoms with Gasteiger partial charge in [-0.1, -0.05) is 0 Å². The second-order valence-electron chi connectivity index (χ2n) is 2.70. The Morgan fingerprint density at radius 1 is 1.33 bits per heavy atom. The second-order valence-corrected chi connectivity index (χ2v) is 3.68. The average molecular weight is 192 g/mol. The summed E-state index contributed by atoms with van der Waals surface area (Å²) in [5.74, 6) is 1.19. The van der Waals surface area contributed by atoms with Crippen LogP contribution in [0.5, 0.6) is 0 Å². The third-order valence-corrected chi connectivity index (χ3v) is 2.15. The first-order chi connectivity index (χ1) is 5.81. The lowest BCUT2D eigenvalue weighted by atomic mass is 10.5. The first kappa shape index (κ1) is 12.2. The lowest BCUT2D eigenvalue weighted by molar-refractivity contribution is 0.119. The van der Waals surface area contributed by atoms with Crippen molar-refractivity contribution < 1.29 is 4.74 Å². The van der Waals surface area contributed by atoms with E-state index in [4.69, 9.17) is 10.5 Å². The van der Waals surface area contributed by atoms with Crippen LogP contribution in [0.4, 0.5) is 0 Å². The zero-order valence-corrected chi connectivity index (χ0v) is 8.90. The zero-order valence-electron chi connectivity index (χ0n) is 8.08. The van der Waals surface area contributed by atoms with Crippen LogP contribution < -0.4 is 5.73 Å². The molecule has 0 atom stereocenters. The third-order valence-electron chi connectivity index (χ3n) is 1.56. The van der Waals surface area contributed by atoms with Crippen LogP contribution >= 0.6 is 11.8 Å². The molecule has 0 unspecified atom stereocenters. The highest BCUT2D eigenvalue weighted by Gasteiger charge is 1.96. The summed E-state index contributed by atoms with van der Waals surface area (Å²) in [6.07, 6.45) is 2.12. The summed E-state index contributed by atoms with van der Waals surface area (Å²) in [5.41, 5.74) is 5.28. The topological polar surface area (TPSA) is 38.5 Å². The minimum Gasteiger partial charge on any atom is -0.379 e. The van der Waals surface area contributed by atoms with Crippen LogP contribution in [0.3, 0.4) is 0 Å². The van der Waals surface area contributed by atoms with Crippen molar-refractivity contribution in [3.8, 4) is 0 Å². The molecule has 4 heteroatoms. The Kier molecular flexibility index (Phi) is 9.50. The number of hydrogen-bond donors (Lipinski definition) is 1. The number of nitrogens with two attached hydrogens (primary N) is 1. The SMILES string of the molecule is CSCCN(C)CCOCCN. The highest BCUT2D eigenvalue weighted by Crippen LogP contribution is 1.92. The van der Waals surface area contributed by atoms with Gasteiger partial charge in [0.1, 0.15) is 0 Å². The van der Waals surface area contributed by atoms with Crippen molar-refractivity contribution in [3.63, 3.8) is 0 Å². The molecule has 0 amide bonds. The Morgan fingerprint density at radius 2 is 2.08 bits per heavy atom. The van der Waals surface area contributed by atoms with Gasteiger partial charge in [0, 0.05) is 25.4 Å². The standard InChI is InChI=1S/C8H20N2OS/c1-10(5-8-12-2)4-7-11-6-3-9/h3-9H2,1-2H3. The molecule has 74 valence electrons. The van der Waals surface area contributed by atoms with Crippen LogP contribution in [0.15, 0.2) is 0 Å². The summed E-state index contributed by atoms with van der Waals surface area (Å²) in [6.45, 7) is 4.22. The van der Waals surface area contributed by atoms with Crippen molar-refractivity contribution in [2.24, 2.45) is 5.73 Å². The van der Waals surface area contributed by atoms with E-state index in [1.165, 1.54) is 5.75 Å². The van der Waals surface area contributed by atoms with Gasteiger partial charge in [0.25, 0.3) is 0 Å². The van der Waals surface area contributed by atoms with E-state index < -0.39 is 0 Å². The van der Waals surface area contributed by atoms with Gasteiger partial charge in [0.15, 0.2) is 0 Å². The number of likely N-dealkylation sites (N-methyl/N-ethyl adjacent to an activating group) is 1. The summed E-state index contributed by atoms with van der Waals surface area (Å²) in [7, 11) is 2.11. The fraction of sp³-hybridized carbons (Fsp3) is 1.00.